The summed E-state index contributed by atoms with van der Waals surface area (Å²) in [5.74, 6) is -0.936. The van der Waals surface area contributed by atoms with Gasteiger partial charge in [0, 0.05) is 17.6 Å². The van der Waals surface area contributed by atoms with E-state index in [1.54, 1.807) is 6.07 Å². The number of carbonyl (C=O) groups is 1. The van der Waals surface area contributed by atoms with E-state index in [1.807, 2.05) is 6.07 Å². The van der Waals surface area contributed by atoms with Crippen molar-refractivity contribution in [2.45, 2.75) is 44.7 Å². The predicted octanol–water partition coefficient (Wildman–Crippen LogP) is 3.80. The number of halogens is 1. The molecular formula is C15H20ClNO2. The number of carboxylic acids is 1. The highest BCUT2D eigenvalue weighted by Crippen LogP contribution is 2.25. The van der Waals surface area contributed by atoms with Gasteiger partial charge in [-0.15, -0.1) is 0 Å². The number of nitrogens with zero attached hydrogens (tertiary/aromatic N) is 1. The molecule has 1 aromatic rings. The Hall–Kier alpha value is -1.06. The minimum atomic E-state index is -0.936. The van der Waals surface area contributed by atoms with Crippen molar-refractivity contribution in [1.29, 1.82) is 0 Å². The molecule has 0 atom stereocenters. The maximum atomic E-state index is 10.9. The standard InChI is InChI=1S/C15H20ClNO2/c1-17(13-5-3-2-4-6-13)10-12-8-7-11(15(18)19)9-14(12)16/h7-9,13H,2-6,10H2,1H3,(H,18,19). The maximum Gasteiger partial charge on any atom is 0.335 e. The molecule has 1 aliphatic rings. The Morgan fingerprint density at radius 1 is 1.37 bits per heavy atom. The lowest BCUT2D eigenvalue weighted by Crippen LogP contribution is -2.32. The van der Waals surface area contributed by atoms with Crippen LogP contribution in [0.15, 0.2) is 18.2 Å². The van der Waals surface area contributed by atoms with Crippen molar-refractivity contribution in [3.63, 3.8) is 0 Å². The van der Waals surface area contributed by atoms with Crippen molar-refractivity contribution in [1.82, 2.24) is 4.90 Å². The van der Waals surface area contributed by atoms with Crippen molar-refractivity contribution in [3.8, 4) is 0 Å². The van der Waals surface area contributed by atoms with Gasteiger partial charge in [0.1, 0.15) is 0 Å². The SMILES string of the molecule is CN(Cc1ccc(C(=O)O)cc1Cl)C1CCCCC1. The quantitative estimate of drug-likeness (QED) is 0.912. The van der Waals surface area contributed by atoms with Crippen LogP contribution in [0.3, 0.4) is 0 Å². The van der Waals surface area contributed by atoms with Crippen LogP contribution in [0, 0.1) is 0 Å². The van der Waals surface area contributed by atoms with Gasteiger partial charge in [0.05, 0.1) is 5.56 Å². The van der Waals surface area contributed by atoms with Gasteiger partial charge in [0.25, 0.3) is 0 Å². The fourth-order valence-electron chi connectivity index (χ4n) is 2.73. The average molecular weight is 282 g/mol. The third-order valence-corrected chi connectivity index (χ3v) is 4.27. The summed E-state index contributed by atoms with van der Waals surface area (Å²) in [6.45, 7) is 0.781. The molecule has 0 saturated heterocycles. The van der Waals surface area contributed by atoms with Crippen LogP contribution in [-0.2, 0) is 6.54 Å². The van der Waals surface area contributed by atoms with Crippen LogP contribution in [-0.4, -0.2) is 29.1 Å². The molecule has 4 heteroatoms. The van der Waals surface area contributed by atoms with E-state index in [2.05, 4.69) is 11.9 Å². The van der Waals surface area contributed by atoms with Gasteiger partial charge in [-0.25, -0.2) is 4.79 Å². The normalized spacial score (nSPS) is 16.8. The van der Waals surface area contributed by atoms with Crippen LogP contribution in [0.2, 0.25) is 5.02 Å². The first-order valence-electron chi connectivity index (χ1n) is 6.80. The Kier molecular flexibility index (Phi) is 4.83. The average Bonchev–Trinajstić information content (AvgIpc) is 2.41. The molecule has 2 rings (SSSR count). The second-order valence-electron chi connectivity index (χ2n) is 5.32. The first-order chi connectivity index (χ1) is 9.08. The van der Waals surface area contributed by atoms with Gasteiger partial charge in [-0.1, -0.05) is 36.9 Å². The Bertz CT molecular complexity index is 455. The van der Waals surface area contributed by atoms with Gasteiger partial charge in [-0.2, -0.15) is 0 Å². The van der Waals surface area contributed by atoms with Gasteiger partial charge < -0.3 is 5.11 Å². The van der Waals surface area contributed by atoms with Gasteiger partial charge in [0.2, 0.25) is 0 Å². The molecule has 0 aromatic heterocycles. The summed E-state index contributed by atoms with van der Waals surface area (Å²) in [6, 6.07) is 5.61. The number of aromatic carboxylic acids is 1. The van der Waals surface area contributed by atoms with Gasteiger partial charge in [-0.3, -0.25) is 4.90 Å². The molecule has 0 heterocycles. The van der Waals surface area contributed by atoms with Crippen LogP contribution in [0.5, 0.6) is 0 Å². The molecule has 1 fully saturated rings. The van der Waals surface area contributed by atoms with E-state index < -0.39 is 5.97 Å². The number of carboxylic acid groups (broad SMARTS) is 1. The summed E-state index contributed by atoms with van der Waals surface area (Å²) in [5, 5.41) is 9.46. The molecule has 1 N–H and O–H groups in total. The third-order valence-electron chi connectivity index (χ3n) is 3.92. The largest absolute Gasteiger partial charge is 0.478 e. The van der Waals surface area contributed by atoms with E-state index >= 15 is 0 Å². The Morgan fingerprint density at radius 2 is 2.05 bits per heavy atom. The zero-order chi connectivity index (χ0) is 13.8. The molecule has 104 valence electrons. The smallest absolute Gasteiger partial charge is 0.335 e. The van der Waals surface area contributed by atoms with E-state index in [4.69, 9.17) is 16.7 Å². The molecule has 0 radical (unpaired) electrons. The first-order valence-corrected chi connectivity index (χ1v) is 7.17. The molecule has 19 heavy (non-hydrogen) atoms. The van der Waals surface area contributed by atoms with Crippen LogP contribution >= 0.6 is 11.6 Å². The number of hydrogen-bond acceptors (Lipinski definition) is 2. The van der Waals surface area contributed by atoms with Crippen LogP contribution in [0.1, 0.15) is 48.0 Å². The molecule has 0 amide bonds. The van der Waals surface area contributed by atoms with E-state index in [0.717, 1.165) is 12.1 Å². The third kappa shape index (κ3) is 3.71. The van der Waals surface area contributed by atoms with Crippen LogP contribution < -0.4 is 0 Å². The predicted molar refractivity (Wildman–Crippen MR) is 76.8 cm³/mol. The van der Waals surface area contributed by atoms with Gasteiger partial charge >= 0.3 is 5.97 Å². The molecule has 0 unspecified atom stereocenters. The van der Waals surface area contributed by atoms with E-state index in [0.29, 0.717) is 11.1 Å². The monoisotopic (exact) mass is 281 g/mol. The molecule has 0 spiro atoms. The van der Waals surface area contributed by atoms with Crippen LogP contribution in [0.4, 0.5) is 0 Å². The first kappa shape index (κ1) is 14.4. The van der Waals surface area contributed by atoms with Crippen LogP contribution in [0.25, 0.3) is 0 Å². The maximum absolute atomic E-state index is 10.9. The Balaban J connectivity index is 2.03. The van der Waals surface area contributed by atoms with Crippen molar-refractivity contribution < 1.29 is 9.90 Å². The fourth-order valence-corrected chi connectivity index (χ4v) is 2.97. The summed E-state index contributed by atoms with van der Waals surface area (Å²) >= 11 is 6.17. The second kappa shape index (κ2) is 6.40. The van der Waals surface area contributed by atoms with Crippen molar-refractivity contribution in [2.24, 2.45) is 0 Å². The summed E-state index contributed by atoms with van der Waals surface area (Å²) in [6.07, 6.45) is 6.46. The number of hydrogen-bond donors (Lipinski definition) is 1. The fraction of sp³-hybridized carbons (Fsp3) is 0.533. The summed E-state index contributed by atoms with van der Waals surface area (Å²) in [4.78, 5) is 13.2. The zero-order valence-corrected chi connectivity index (χ0v) is 12.0. The van der Waals surface area contributed by atoms with Gasteiger partial charge in [0.15, 0.2) is 0 Å². The molecule has 0 bridgehead atoms. The summed E-state index contributed by atoms with van der Waals surface area (Å²) < 4.78 is 0. The molecule has 1 aromatic carbocycles. The van der Waals surface area contributed by atoms with E-state index in [9.17, 15) is 4.79 Å². The zero-order valence-electron chi connectivity index (χ0n) is 11.2. The summed E-state index contributed by atoms with van der Waals surface area (Å²) in [5.41, 5.74) is 1.24. The lowest BCUT2D eigenvalue weighted by molar-refractivity contribution is 0.0697. The summed E-state index contributed by atoms with van der Waals surface area (Å²) in [7, 11) is 2.12. The highest BCUT2D eigenvalue weighted by molar-refractivity contribution is 6.31. The molecule has 3 nitrogen and oxygen atoms in total. The van der Waals surface area contributed by atoms with Crippen molar-refractivity contribution in [3.05, 3.63) is 34.3 Å². The van der Waals surface area contributed by atoms with E-state index in [1.165, 1.54) is 38.2 Å². The molecule has 0 aliphatic heterocycles. The Labute approximate surface area is 119 Å². The number of rotatable bonds is 4. The second-order valence-corrected chi connectivity index (χ2v) is 5.73. The minimum Gasteiger partial charge on any atom is -0.478 e. The van der Waals surface area contributed by atoms with Gasteiger partial charge in [-0.05, 0) is 37.6 Å². The van der Waals surface area contributed by atoms with Crippen molar-refractivity contribution >= 4 is 17.6 Å². The molecular weight excluding hydrogens is 262 g/mol. The topological polar surface area (TPSA) is 40.5 Å². The van der Waals surface area contributed by atoms with Crippen molar-refractivity contribution in [2.75, 3.05) is 7.05 Å². The lowest BCUT2D eigenvalue weighted by Gasteiger charge is -2.31. The number of benzene rings is 1. The lowest BCUT2D eigenvalue weighted by atomic mass is 9.94. The van der Waals surface area contributed by atoms with E-state index in [-0.39, 0.29) is 5.56 Å². The highest BCUT2D eigenvalue weighted by atomic mass is 35.5. The Morgan fingerprint density at radius 3 is 2.63 bits per heavy atom. The molecule has 1 aliphatic carbocycles. The molecule has 1 saturated carbocycles. The minimum absolute atomic E-state index is 0.245. The highest BCUT2D eigenvalue weighted by Gasteiger charge is 2.19.